The second-order valence-corrected chi connectivity index (χ2v) is 10.4. The first-order chi connectivity index (χ1) is 10.3. The number of halogens is 3. The smallest absolute Gasteiger partial charge is 0.377 e. The molecule has 0 heterocycles. The number of hydrogen-bond acceptors (Lipinski definition) is 5. The van der Waals surface area contributed by atoms with E-state index in [0.717, 1.165) is 5.56 Å². The van der Waals surface area contributed by atoms with Gasteiger partial charge in [-0.25, -0.2) is 8.42 Å². The van der Waals surface area contributed by atoms with Crippen LogP contribution in [0.4, 0.5) is 0 Å². The van der Waals surface area contributed by atoms with Crippen LogP contribution in [0.2, 0.25) is 6.04 Å². The molecule has 10 heteroatoms. The van der Waals surface area contributed by atoms with Crippen molar-refractivity contribution in [3.63, 3.8) is 0 Å². The Morgan fingerprint density at radius 1 is 1.00 bits per heavy atom. The van der Waals surface area contributed by atoms with Crippen LogP contribution in [-0.2, 0) is 28.7 Å². The molecule has 0 saturated carbocycles. The van der Waals surface area contributed by atoms with Gasteiger partial charge in [0, 0.05) is 38.1 Å². The van der Waals surface area contributed by atoms with Gasteiger partial charge in [-0.3, -0.25) is 0 Å². The zero-order chi connectivity index (χ0) is 17.2. The second kappa shape index (κ2) is 10.8. The van der Waals surface area contributed by atoms with Crippen LogP contribution in [-0.4, -0.2) is 43.9 Å². The second-order valence-electron chi connectivity index (χ2n) is 3.98. The van der Waals surface area contributed by atoms with E-state index in [4.69, 9.17) is 47.2 Å². The molecule has 5 nitrogen and oxygen atoms in total. The van der Waals surface area contributed by atoms with E-state index >= 15 is 0 Å². The lowest BCUT2D eigenvalue weighted by atomic mass is 10.2. The Labute approximate surface area is 147 Å². The molecule has 0 aromatic heterocycles. The summed E-state index contributed by atoms with van der Waals surface area (Å²) in [6.07, 6.45) is 0.671. The molecule has 0 aliphatic heterocycles. The SMILES string of the molecule is CO[Si](CCc1ccc(S(=O)(=O)Cl)cc1)(OC)OC.ClCCl. The predicted molar refractivity (Wildman–Crippen MR) is 91.3 cm³/mol. The van der Waals surface area contributed by atoms with Crippen molar-refractivity contribution in [2.75, 3.05) is 26.7 Å². The Hall–Kier alpha value is 0.137. The lowest BCUT2D eigenvalue weighted by Crippen LogP contribution is -2.43. The topological polar surface area (TPSA) is 61.8 Å². The highest BCUT2D eigenvalue weighted by molar-refractivity contribution is 8.13. The number of rotatable bonds is 7. The first-order valence-electron chi connectivity index (χ1n) is 6.09. The van der Waals surface area contributed by atoms with Gasteiger partial charge < -0.3 is 13.3 Å². The van der Waals surface area contributed by atoms with Gasteiger partial charge in [0.2, 0.25) is 0 Å². The summed E-state index contributed by atoms with van der Waals surface area (Å²) in [6, 6.07) is 7.01. The van der Waals surface area contributed by atoms with Gasteiger partial charge in [-0.2, -0.15) is 0 Å². The van der Waals surface area contributed by atoms with E-state index in [1.807, 2.05) is 0 Å². The van der Waals surface area contributed by atoms with Gasteiger partial charge in [0.05, 0.1) is 10.2 Å². The zero-order valence-electron chi connectivity index (χ0n) is 12.5. The molecule has 0 fully saturated rings. The van der Waals surface area contributed by atoms with Crippen LogP contribution in [0.25, 0.3) is 0 Å². The molecule has 0 aliphatic carbocycles. The van der Waals surface area contributed by atoms with Gasteiger partial charge in [-0.05, 0) is 24.1 Å². The van der Waals surface area contributed by atoms with Crippen LogP contribution in [0.5, 0.6) is 0 Å². The number of hydrogen-bond donors (Lipinski definition) is 0. The molecule has 128 valence electrons. The van der Waals surface area contributed by atoms with E-state index in [-0.39, 0.29) is 10.2 Å². The van der Waals surface area contributed by atoms with Crippen LogP contribution >= 0.6 is 33.9 Å². The van der Waals surface area contributed by atoms with E-state index in [0.29, 0.717) is 12.5 Å². The molecule has 1 aromatic carbocycles. The molecule has 0 N–H and O–H groups in total. The summed E-state index contributed by atoms with van der Waals surface area (Å²) >= 11 is 9.53. The lowest BCUT2D eigenvalue weighted by Gasteiger charge is -2.24. The Kier molecular flexibility index (Phi) is 10.9. The van der Waals surface area contributed by atoms with Crippen molar-refractivity contribution in [2.24, 2.45) is 0 Å². The molecule has 22 heavy (non-hydrogen) atoms. The third-order valence-electron chi connectivity index (χ3n) is 2.86. The third-order valence-corrected chi connectivity index (χ3v) is 6.96. The molecule has 0 spiro atoms. The summed E-state index contributed by atoms with van der Waals surface area (Å²) in [5.41, 5.74) is 0.965. The highest BCUT2D eigenvalue weighted by Gasteiger charge is 2.37. The van der Waals surface area contributed by atoms with Crippen LogP contribution in [0, 0.1) is 0 Å². The van der Waals surface area contributed by atoms with Crippen LogP contribution in [0.3, 0.4) is 0 Å². The first kappa shape index (κ1) is 22.1. The quantitative estimate of drug-likeness (QED) is 0.392. The molecule has 1 rings (SSSR count). The minimum Gasteiger partial charge on any atom is -0.377 e. The highest BCUT2D eigenvalue weighted by Crippen LogP contribution is 2.19. The average molecular weight is 410 g/mol. The minimum absolute atomic E-state index is 0.0895. The maximum absolute atomic E-state index is 11.1. The number of alkyl halides is 2. The summed E-state index contributed by atoms with van der Waals surface area (Å²) in [6.45, 7) is 0. The van der Waals surface area contributed by atoms with Crippen molar-refractivity contribution < 1.29 is 21.7 Å². The number of aryl methyl sites for hydroxylation is 1. The largest absolute Gasteiger partial charge is 0.500 e. The fourth-order valence-corrected chi connectivity index (χ4v) is 4.15. The normalized spacial score (nSPS) is 11.7. The van der Waals surface area contributed by atoms with Crippen molar-refractivity contribution in [1.82, 2.24) is 0 Å². The monoisotopic (exact) mass is 408 g/mol. The summed E-state index contributed by atoms with van der Waals surface area (Å²) in [4.78, 5) is 0.0895. The molecule has 0 bridgehead atoms. The molecule has 0 atom stereocenters. The molecular formula is C12H19Cl3O5SSi. The van der Waals surface area contributed by atoms with Gasteiger partial charge in [-0.1, -0.05) is 12.1 Å². The first-order valence-corrected chi connectivity index (χ1v) is 11.4. The Bertz CT molecular complexity index is 512. The maximum Gasteiger partial charge on any atom is 0.500 e. The van der Waals surface area contributed by atoms with E-state index in [2.05, 4.69) is 0 Å². The van der Waals surface area contributed by atoms with E-state index in [1.165, 1.54) is 12.1 Å². The zero-order valence-corrected chi connectivity index (χ0v) is 16.6. The summed E-state index contributed by atoms with van der Waals surface area (Å²) in [5.74, 6) is 0. The van der Waals surface area contributed by atoms with Crippen LogP contribution in [0.1, 0.15) is 5.56 Å². The molecule has 0 saturated heterocycles. The highest BCUT2D eigenvalue weighted by atomic mass is 35.7. The fraction of sp³-hybridized carbons (Fsp3) is 0.500. The van der Waals surface area contributed by atoms with E-state index < -0.39 is 17.9 Å². The molecule has 0 amide bonds. The van der Waals surface area contributed by atoms with Crippen molar-refractivity contribution in [1.29, 1.82) is 0 Å². The molecular weight excluding hydrogens is 391 g/mol. The van der Waals surface area contributed by atoms with Crippen molar-refractivity contribution in [3.8, 4) is 0 Å². The van der Waals surface area contributed by atoms with Crippen molar-refractivity contribution in [3.05, 3.63) is 29.8 Å². The summed E-state index contributed by atoms with van der Waals surface area (Å²) in [7, 11) is 3.66. The average Bonchev–Trinajstić information content (AvgIpc) is 2.50. The Balaban J connectivity index is 0.00000135. The van der Waals surface area contributed by atoms with Gasteiger partial charge >= 0.3 is 8.80 Å². The number of benzene rings is 1. The van der Waals surface area contributed by atoms with Crippen molar-refractivity contribution >= 4 is 51.7 Å². The van der Waals surface area contributed by atoms with E-state index in [9.17, 15) is 8.42 Å². The predicted octanol–water partition coefficient (Wildman–Crippen LogP) is 3.46. The minimum atomic E-state index is -3.67. The molecule has 1 aromatic rings. The fourth-order valence-electron chi connectivity index (χ4n) is 1.67. The van der Waals surface area contributed by atoms with E-state index in [1.54, 1.807) is 33.5 Å². The van der Waals surface area contributed by atoms with Crippen LogP contribution in [0.15, 0.2) is 29.2 Å². The standard InChI is InChI=1S/C11H17ClO5SSi.CH2Cl2/c1-15-19(16-2,17-3)9-8-10-4-6-11(7-5-10)18(12,13)14;2-1-3/h4-7H,8-9H2,1-3H3;1H2. The summed E-state index contributed by atoms with van der Waals surface area (Å²) in [5, 5.41) is 0.194. The van der Waals surface area contributed by atoms with Gasteiger partial charge in [0.25, 0.3) is 9.05 Å². The van der Waals surface area contributed by atoms with Gasteiger partial charge in [-0.15, -0.1) is 23.2 Å². The molecule has 0 unspecified atom stereocenters. The van der Waals surface area contributed by atoms with Gasteiger partial charge in [0.1, 0.15) is 0 Å². The Morgan fingerprint density at radius 2 is 1.41 bits per heavy atom. The maximum atomic E-state index is 11.1. The van der Waals surface area contributed by atoms with Crippen molar-refractivity contribution in [2.45, 2.75) is 17.4 Å². The third kappa shape index (κ3) is 7.61. The summed E-state index contributed by atoms with van der Waals surface area (Å²) < 4.78 is 38.2. The molecule has 0 radical (unpaired) electrons. The lowest BCUT2D eigenvalue weighted by molar-refractivity contribution is 0.123. The molecule has 0 aliphatic rings. The van der Waals surface area contributed by atoms with Gasteiger partial charge in [0.15, 0.2) is 0 Å². The van der Waals surface area contributed by atoms with Crippen LogP contribution < -0.4 is 0 Å². The Morgan fingerprint density at radius 3 is 1.73 bits per heavy atom.